The van der Waals surface area contributed by atoms with E-state index in [-0.39, 0.29) is 28.2 Å². The highest BCUT2D eigenvalue weighted by atomic mass is 35.5. The smallest absolute Gasteiger partial charge is 0.406 e. The van der Waals surface area contributed by atoms with E-state index in [9.17, 15) is 21.6 Å². The van der Waals surface area contributed by atoms with E-state index >= 15 is 0 Å². The number of hydrogen-bond acceptors (Lipinski definition) is 7. The molecule has 2 N–H and O–H groups in total. The van der Waals surface area contributed by atoms with Gasteiger partial charge in [0.25, 0.3) is 10.0 Å². The summed E-state index contributed by atoms with van der Waals surface area (Å²) in [6, 6.07) is 2.75. The lowest BCUT2D eigenvalue weighted by Crippen LogP contribution is -2.57. The lowest BCUT2D eigenvalue weighted by Gasteiger charge is -2.37. The van der Waals surface area contributed by atoms with Gasteiger partial charge in [0, 0.05) is 13.1 Å². The van der Waals surface area contributed by atoms with E-state index in [2.05, 4.69) is 0 Å². The van der Waals surface area contributed by atoms with Crippen molar-refractivity contribution in [2.45, 2.75) is 10.4 Å². The van der Waals surface area contributed by atoms with Gasteiger partial charge in [-0.25, -0.2) is 21.6 Å². The standard InChI is InChI=1S/C10H14ClN3O6S3/c1-22(16,17)13-4-5-14(8(6-13)20-10(12)15)23(18,19)9-3-2-7(11)21-9/h2-3,8H,4-6H2,1H3,(H2,12,15). The molecule has 0 aromatic carbocycles. The Morgan fingerprint density at radius 1 is 1.35 bits per heavy atom. The Balaban J connectivity index is 2.34. The number of rotatable bonds is 4. The molecule has 13 heteroatoms. The first-order chi connectivity index (χ1) is 10.5. The average Bonchev–Trinajstić information content (AvgIpc) is 2.84. The highest BCUT2D eigenvalue weighted by molar-refractivity contribution is 7.91. The number of amides is 1. The monoisotopic (exact) mass is 403 g/mol. The van der Waals surface area contributed by atoms with E-state index in [1.54, 1.807) is 0 Å². The molecule has 1 aromatic rings. The Morgan fingerprint density at radius 2 is 2.00 bits per heavy atom. The van der Waals surface area contributed by atoms with Crippen molar-refractivity contribution in [2.75, 3.05) is 25.9 Å². The van der Waals surface area contributed by atoms with Crippen molar-refractivity contribution in [2.24, 2.45) is 5.73 Å². The normalized spacial score (nSPS) is 21.2. The lowest BCUT2D eigenvalue weighted by molar-refractivity contribution is 0.00314. The molecule has 9 nitrogen and oxygen atoms in total. The van der Waals surface area contributed by atoms with Crippen molar-refractivity contribution in [3.63, 3.8) is 0 Å². The fourth-order valence-corrected chi connectivity index (χ4v) is 5.98. The zero-order chi connectivity index (χ0) is 17.4. The zero-order valence-corrected chi connectivity index (χ0v) is 15.1. The van der Waals surface area contributed by atoms with E-state index in [1.807, 2.05) is 0 Å². The highest BCUT2D eigenvalue weighted by Gasteiger charge is 2.41. The summed E-state index contributed by atoms with van der Waals surface area (Å²) < 4.78 is 55.5. The number of halogens is 1. The highest BCUT2D eigenvalue weighted by Crippen LogP contribution is 2.30. The molecule has 2 heterocycles. The number of nitrogens with zero attached hydrogens (tertiary/aromatic N) is 2. The summed E-state index contributed by atoms with van der Waals surface area (Å²) in [6.07, 6.45) is -1.56. The molecule has 1 aromatic heterocycles. The molecule has 0 aliphatic carbocycles. The molecule has 1 fully saturated rings. The molecule has 1 unspecified atom stereocenters. The molecule has 1 amide bonds. The van der Waals surface area contributed by atoms with Crippen LogP contribution in [0.1, 0.15) is 0 Å². The summed E-state index contributed by atoms with van der Waals surface area (Å²) in [5.74, 6) is 0. The molecular formula is C10H14ClN3O6S3. The number of sulfonamides is 2. The largest absolute Gasteiger partial charge is 0.428 e. The fourth-order valence-electron chi connectivity index (χ4n) is 2.07. The van der Waals surface area contributed by atoms with Crippen LogP contribution in [0.3, 0.4) is 0 Å². The van der Waals surface area contributed by atoms with Crippen molar-refractivity contribution < 1.29 is 26.4 Å². The minimum atomic E-state index is -3.99. The third-order valence-corrected chi connectivity index (χ3v) is 7.94. The zero-order valence-electron chi connectivity index (χ0n) is 11.9. The van der Waals surface area contributed by atoms with Gasteiger partial charge in [-0.2, -0.15) is 8.61 Å². The van der Waals surface area contributed by atoms with Gasteiger partial charge >= 0.3 is 6.09 Å². The Hall–Kier alpha value is -0.920. The second-order valence-electron chi connectivity index (χ2n) is 4.69. The van der Waals surface area contributed by atoms with Crippen LogP contribution in [-0.4, -0.2) is 63.7 Å². The van der Waals surface area contributed by atoms with Crippen molar-refractivity contribution in [3.8, 4) is 0 Å². The van der Waals surface area contributed by atoms with Crippen LogP contribution < -0.4 is 5.73 Å². The first kappa shape index (κ1) is 18.4. The Kier molecular flexibility index (Phi) is 5.23. The van der Waals surface area contributed by atoms with Gasteiger partial charge in [-0.3, -0.25) is 0 Å². The van der Waals surface area contributed by atoms with Gasteiger partial charge in [-0.1, -0.05) is 11.6 Å². The molecule has 0 radical (unpaired) electrons. The molecule has 0 bridgehead atoms. The lowest BCUT2D eigenvalue weighted by atomic mass is 10.4. The van der Waals surface area contributed by atoms with Crippen LogP contribution in [0.25, 0.3) is 0 Å². The summed E-state index contributed by atoms with van der Waals surface area (Å²) in [6.45, 7) is -0.571. The van der Waals surface area contributed by atoms with E-state index in [0.717, 1.165) is 26.2 Å². The van der Waals surface area contributed by atoms with Crippen LogP contribution in [0.2, 0.25) is 4.34 Å². The summed E-state index contributed by atoms with van der Waals surface area (Å²) in [5.41, 5.74) is 4.96. The van der Waals surface area contributed by atoms with Crippen LogP contribution in [0, 0.1) is 0 Å². The van der Waals surface area contributed by atoms with E-state index in [0.29, 0.717) is 0 Å². The molecule has 1 aliphatic rings. The number of hydrogen-bond donors (Lipinski definition) is 1. The van der Waals surface area contributed by atoms with Crippen LogP contribution in [0.4, 0.5) is 4.79 Å². The Morgan fingerprint density at radius 3 is 2.48 bits per heavy atom. The van der Waals surface area contributed by atoms with Crippen molar-refractivity contribution >= 4 is 49.1 Å². The maximum atomic E-state index is 12.6. The molecule has 23 heavy (non-hydrogen) atoms. The number of piperazine rings is 1. The van der Waals surface area contributed by atoms with Crippen molar-refractivity contribution in [1.29, 1.82) is 0 Å². The molecule has 1 aliphatic heterocycles. The van der Waals surface area contributed by atoms with Crippen LogP contribution in [0.15, 0.2) is 16.3 Å². The van der Waals surface area contributed by atoms with Gasteiger partial charge in [-0.05, 0) is 12.1 Å². The predicted molar refractivity (Wildman–Crippen MR) is 84.1 cm³/mol. The minimum absolute atomic E-state index is 0.0339. The van der Waals surface area contributed by atoms with E-state index < -0.39 is 32.4 Å². The van der Waals surface area contributed by atoms with Gasteiger partial charge in [0.2, 0.25) is 10.0 Å². The predicted octanol–water partition coefficient (Wildman–Crippen LogP) is 0.0888. The first-order valence-corrected chi connectivity index (χ1v) is 10.7. The average molecular weight is 404 g/mol. The van der Waals surface area contributed by atoms with Gasteiger partial charge in [0.15, 0.2) is 6.23 Å². The van der Waals surface area contributed by atoms with Crippen LogP contribution >= 0.6 is 22.9 Å². The number of carbonyl (C=O) groups excluding carboxylic acids is 1. The second kappa shape index (κ2) is 6.53. The molecule has 1 atom stereocenters. The topological polar surface area (TPSA) is 127 Å². The number of primary amides is 1. The van der Waals surface area contributed by atoms with E-state index in [1.165, 1.54) is 12.1 Å². The molecular weight excluding hydrogens is 390 g/mol. The number of ether oxygens (including phenoxy) is 1. The second-order valence-corrected chi connectivity index (χ2v) is 10.5. The summed E-state index contributed by atoms with van der Waals surface area (Å²) >= 11 is 6.60. The van der Waals surface area contributed by atoms with Crippen LogP contribution in [0.5, 0.6) is 0 Å². The molecule has 1 saturated heterocycles. The number of nitrogens with two attached hydrogens (primary N) is 1. The van der Waals surface area contributed by atoms with Crippen molar-refractivity contribution in [3.05, 3.63) is 16.5 Å². The van der Waals surface area contributed by atoms with Gasteiger partial charge in [0.05, 0.1) is 17.1 Å². The first-order valence-electron chi connectivity index (χ1n) is 6.20. The fraction of sp³-hybridized carbons (Fsp3) is 0.500. The third kappa shape index (κ3) is 4.14. The number of thiophene rings is 1. The maximum Gasteiger partial charge on any atom is 0.406 e. The van der Waals surface area contributed by atoms with E-state index in [4.69, 9.17) is 22.1 Å². The summed E-state index contributed by atoms with van der Waals surface area (Å²) in [4.78, 5) is 11.0. The quantitative estimate of drug-likeness (QED) is 0.758. The van der Waals surface area contributed by atoms with Crippen molar-refractivity contribution in [1.82, 2.24) is 8.61 Å². The van der Waals surface area contributed by atoms with Crippen LogP contribution in [-0.2, 0) is 24.8 Å². The third-order valence-electron chi connectivity index (χ3n) is 3.08. The summed E-state index contributed by atoms with van der Waals surface area (Å²) in [5, 5.41) is 0. The van der Waals surface area contributed by atoms with Gasteiger partial charge in [0.1, 0.15) is 4.21 Å². The molecule has 0 spiro atoms. The summed E-state index contributed by atoms with van der Waals surface area (Å²) in [7, 11) is -7.55. The Bertz CT molecular complexity index is 806. The minimum Gasteiger partial charge on any atom is -0.428 e. The molecule has 130 valence electrons. The van der Waals surface area contributed by atoms with Gasteiger partial charge < -0.3 is 10.5 Å². The number of carbonyl (C=O) groups is 1. The van der Waals surface area contributed by atoms with Gasteiger partial charge in [-0.15, -0.1) is 11.3 Å². The molecule has 2 rings (SSSR count). The Labute approximate surface area is 142 Å². The molecule has 0 saturated carbocycles. The SMILES string of the molecule is CS(=O)(=O)N1CCN(S(=O)(=O)c2ccc(Cl)s2)C(OC(N)=O)C1. The maximum absolute atomic E-state index is 12.6.